The van der Waals surface area contributed by atoms with Crippen molar-refractivity contribution in [3.8, 4) is 11.5 Å². The smallest absolute Gasteiger partial charge is 0.227 e. The third-order valence-electron chi connectivity index (χ3n) is 5.29. The Morgan fingerprint density at radius 2 is 1.68 bits per heavy atom. The van der Waals surface area contributed by atoms with Gasteiger partial charge in [0.2, 0.25) is 5.91 Å². The van der Waals surface area contributed by atoms with E-state index in [4.69, 9.17) is 16.3 Å². The fourth-order valence-electron chi connectivity index (χ4n) is 3.68. The Labute approximate surface area is 180 Å². The van der Waals surface area contributed by atoms with Gasteiger partial charge in [-0.2, -0.15) is 0 Å². The van der Waals surface area contributed by atoms with E-state index in [-0.39, 0.29) is 35.9 Å². The van der Waals surface area contributed by atoms with Crippen molar-refractivity contribution in [2.45, 2.75) is 25.7 Å². The molecule has 5 N–H and O–H groups in total. The summed E-state index contributed by atoms with van der Waals surface area (Å²) in [7, 11) is 0. The molecule has 1 fully saturated rings. The average Bonchev–Trinajstić information content (AvgIpc) is 2.77. The number of hydrazine groups is 1. The number of hydrogen-bond donors (Lipinski definition) is 3. The molecule has 2 atom stereocenters. The van der Waals surface area contributed by atoms with Crippen LogP contribution >= 0.6 is 0 Å². The lowest BCUT2D eigenvalue weighted by molar-refractivity contribution is -0.127. The highest BCUT2D eigenvalue weighted by atomic mass is 19.1. The van der Waals surface area contributed by atoms with E-state index in [1.165, 1.54) is 29.5 Å². The molecule has 0 aromatic heterocycles. The number of hydrogen-bond acceptors (Lipinski definition) is 6. The minimum absolute atomic E-state index is 0.0143. The number of rotatable bonds is 8. The van der Waals surface area contributed by atoms with Crippen LogP contribution in [0.15, 0.2) is 60.9 Å². The maximum atomic E-state index is 13.0. The van der Waals surface area contributed by atoms with Gasteiger partial charge in [-0.25, -0.2) is 10.2 Å². The summed E-state index contributed by atoms with van der Waals surface area (Å²) in [4.78, 5) is 25.2. The van der Waals surface area contributed by atoms with Crippen molar-refractivity contribution in [2.24, 2.45) is 23.4 Å². The molecule has 2 aromatic rings. The summed E-state index contributed by atoms with van der Waals surface area (Å²) in [5.41, 5.74) is 5.93. The number of Topliss-reactive ketones (excluding diaryl/α,β-unsaturated/α-hetero) is 1. The first-order valence-electron chi connectivity index (χ1n) is 10.2. The van der Waals surface area contributed by atoms with Gasteiger partial charge in [0.1, 0.15) is 17.3 Å². The summed E-state index contributed by atoms with van der Waals surface area (Å²) < 4.78 is 18.6. The zero-order valence-electron chi connectivity index (χ0n) is 17.2. The summed E-state index contributed by atoms with van der Waals surface area (Å²) in [6, 6.07) is 12.7. The van der Waals surface area contributed by atoms with Crippen LogP contribution in [0.25, 0.3) is 0 Å². The van der Waals surface area contributed by atoms with Crippen LogP contribution in [0.5, 0.6) is 11.5 Å². The van der Waals surface area contributed by atoms with Crippen LogP contribution < -0.4 is 21.6 Å². The number of amides is 1. The van der Waals surface area contributed by atoms with Crippen LogP contribution in [0.3, 0.4) is 0 Å². The van der Waals surface area contributed by atoms with Crippen molar-refractivity contribution in [1.29, 1.82) is 0 Å². The molecule has 31 heavy (non-hydrogen) atoms. The molecule has 0 aliphatic heterocycles. The highest BCUT2D eigenvalue weighted by molar-refractivity contribution is 5.93. The Hall–Kier alpha value is -3.39. The molecule has 0 bridgehead atoms. The maximum Gasteiger partial charge on any atom is 0.227 e. The van der Waals surface area contributed by atoms with Crippen molar-refractivity contribution in [3.63, 3.8) is 0 Å². The van der Waals surface area contributed by atoms with Gasteiger partial charge in [0.05, 0.1) is 6.54 Å². The molecule has 1 unspecified atom stereocenters. The molecular weight excluding hydrogens is 399 g/mol. The van der Waals surface area contributed by atoms with Gasteiger partial charge in [-0.15, -0.1) is 0 Å². The van der Waals surface area contributed by atoms with E-state index >= 15 is 0 Å². The second-order valence-electron chi connectivity index (χ2n) is 7.61. The van der Waals surface area contributed by atoms with E-state index in [0.29, 0.717) is 23.6 Å². The molecule has 2 aromatic carbocycles. The summed E-state index contributed by atoms with van der Waals surface area (Å²) >= 11 is 0. The van der Waals surface area contributed by atoms with Crippen molar-refractivity contribution >= 4 is 17.4 Å². The Morgan fingerprint density at radius 3 is 2.32 bits per heavy atom. The first-order chi connectivity index (χ1) is 14.9. The molecule has 1 saturated carbocycles. The van der Waals surface area contributed by atoms with Gasteiger partial charge in [0.25, 0.3) is 0 Å². The fourth-order valence-corrected chi connectivity index (χ4v) is 3.68. The lowest BCUT2D eigenvalue weighted by Gasteiger charge is -2.28. The van der Waals surface area contributed by atoms with E-state index in [1.807, 2.05) is 0 Å². The van der Waals surface area contributed by atoms with Crippen LogP contribution in [-0.2, 0) is 9.59 Å². The molecule has 164 valence electrons. The first-order valence-corrected chi connectivity index (χ1v) is 10.2. The van der Waals surface area contributed by atoms with Crippen LogP contribution in [0, 0.1) is 17.7 Å². The lowest BCUT2D eigenvalue weighted by Crippen LogP contribution is -2.37. The van der Waals surface area contributed by atoms with E-state index < -0.39 is 0 Å². The van der Waals surface area contributed by atoms with Gasteiger partial charge in [-0.1, -0.05) is 6.42 Å². The molecule has 7 nitrogen and oxygen atoms in total. The number of ether oxygens (including phenoxy) is 1. The average molecular weight is 426 g/mol. The lowest BCUT2D eigenvalue weighted by atomic mass is 9.79. The predicted molar refractivity (Wildman–Crippen MR) is 116 cm³/mol. The maximum absolute atomic E-state index is 13.0. The number of nitrogens with zero attached hydrogens (tertiary/aromatic N) is 1. The summed E-state index contributed by atoms with van der Waals surface area (Å²) in [5, 5.41) is 4.16. The molecule has 0 heterocycles. The van der Waals surface area contributed by atoms with E-state index in [1.54, 1.807) is 36.4 Å². The largest absolute Gasteiger partial charge is 0.457 e. The van der Waals surface area contributed by atoms with Gasteiger partial charge in [0.15, 0.2) is 5.78 Å². The van der Waals surface area contributed by atoms with Gasteiger partial charge in [0, 0.05) is 29.9 Å². The molecule has 1 aliphatic carbocycles. The van der Waals surface area contributed by atoms with E-state index in [9.17, 15) is 14.0 Å². The first kappa shape index (κ1) is 22.3. The molecule has 1 amide bonds. The monoisotopic (exact) mass is 426 g/mol. The summed E-state index contributed by atoms with van der Waals surface area (Å²) in [6.07, 6.45) is 5.55. The van der Waals surface area contributed by atoms with Crippen LogP contribution in [-0.4, -0.2) is 23.2 Å². The van der Waals surface area contributed by atoms with E-state index in [2.05, 4.69) is 5.32 Å². The minimum atomic E-state index is -0.329. The van der Waals surface area contributed by atoms with Gasteiger partial charge in [-0.05, 0) is 67.8 Å². The zero-order valence-corrected chi connectivity index (χ0v) is 17.2. The number of nitrogens with one attached hydrogen (secondary N) is 1. The number of benzene rings is 2. The number of carbonyl (C=O) groups is 2. The molecule has 1 aliphatic rings. The number of ketones is 1. The standard InChI is InChI=1S/C23H27FN4O3/c24-18-4-8-20(9-5-18)31-21-10-6-19(7-11-21)27-23(30)17-3-1-2-16(14-17)22(29)15-28(26)13-12-25/h4-13,16-17H,1-3,14-15,25-26H2,(H,27,30)/b13-12-/t16?,17-/m1/s1. The number of carbonyl (C=O) groups excluding carboxylic acids is 2. The Kier molecular flexibility index (Phi) is 7.61. The quantitative estimate of drug-likeness (QED) is 0.440. The Bertz CT molecular complexity index is 915. The van der Waals surface area contributed by atoms with Crippen LogP contribution in [0.2, 0.25) is 0 Å². The number of anilines is 1. The minimum Gasteiger partial charge on any atom is -0.457 e. The van der Waals surface area contributed by atoms with Gasteiger partial charge < -0.3 is 20.8 Å². The third kappa shape index (κ3) is 6.55. The third-order valence-corrected chi connectivity index (χ3v) is 5.29. The summed E-state index contributed by atoms with van der Waals surface area (Å²) in [6.45, 7) is 0.0717. The normalized spacial score (nSPS) is 18.5. The second kappa shape index (κ2) is 10.6. The highest BCUT2D eigenvalue weighted by Gasteiger charge is 2.31. The number of nitrogens with two attached hydrogens (primary N) is 2. The van der Waals surface area contributed by atoms with E-state index in [0.717, 1.165) is 19.3 Å². The van der Waals surface area contributed by atoms with Gasteiger partial charge >= 0.3 is 0 Å². The summed E-state index contributed by atoms with van der Waals surface area (Å²) in [5.74, 6) is 5.96. The van der Waals surface area contributed by atoms with Crippen molar-refractivity contribution < 1.29 is 18.7 Å². The molecule has 3 rings (SSSR count). The van der Waals surface area contributed by atoms with Crippen molar-refractivity contribution in [3.05, 3.63) is 66.7 Å². The van der Waals surface area contributed by atoms with Gasteiger partial charge in [-0.3, -0.25) is 9.59 Å². The molecular formula is C23H27FN4O3. The number of halogens is 1. The fraction of sp³-hybridized carbons (Fsp3) is 0.304. The Balaban J connectivity index is 1.53. The van der Waals surface area contributed by atoms with Crippen LogP contribution in [0.1, 0.15) is 25.7 Å². The highest BCUT2D eigenvalue weighted by Crippen LogP contribution is 2.31. The van der Waals surface area contributed by atoms with Crippen molar-refractivity contribution in [1.82, 2.24) is 5.01 Å². The topological polar surface area (TPSA) is 111 Å². The second-order valence-corrected chi connectivity index (χ2v) is 7.61. The van der Waals surface area contributed by atoms with Crippen LogP contribution in [0.4, 0.5) is 10.1 Å². The molecule has 0 spiro atoms. The Morgan fingerprint density at radius 1 is 1.06 bits per heavy atom. The molecule has 8 heteroatoms. The molecule has 0 saturated heterocycles. The molecule has 0 radical (unpaired) electrons. The predicted octanol–water partition coefficient (Wildman–Crippen LogP) is 3.54. The SMILES string of the molecule is N/C=C\N(N)CC(=O)C1CCC[C@@H](C(=O)Nc2ccc(Oc3ccc(F)cc3)cc2)C1. The zero-order chi connectivity index (χ0) is 22.2. The van der Waals surface area contributed by atoms with Crippen molar-refractivity contribution in [2.75, 3.05) is 11.9 Å².